The Morgan fingerprint density at radius 2 is 1.35 bits per heavy atom. The Morgan fingerprint density at radius 1 is 0.815 bits per heavy atom. The minimum Gasteiger partial charge on any atom is -0.448 e. The highest BCUT2D eigenvalue weighted by Crippen LogP contribution is 2.43. The molecule has 0 radical (unpaired) electrons. The van der Waals surface area contributed by atoms with E-state index >= 15 is 0 Å². The Labute approximate surface area is 318 Å². The number of carbonyl (C=O) groups excluding carboxylic acids is 4. The van der Waals surface area contributed by atoms with Gasteiger partial charge in [-0.05, 0) is 56.5 Å². The van der Waals surface area contributed by atoms with E-state index in [-0.39, 0.29) is 16.4 Å². The second kappa shape index (κ2) is 15.8. The fourth-order valence-electron chi connectivity index (χ4n) is 5.89. The Morgan fingerprint density at radius 3 is 1.89 bits per heavy atom. The summed E-state index contributed by atoms with van der Waals surface area (Å²) < 4.78 is 44.1. The molecule has 54 heavy (non-hydrogen) atoms. The second-order valence-electron chi connectivity index (χ2n) is 13.6. The van der Waals surface area contributed by atoms with E-state index in [9.17, 15) is 27.6 Å². The first-order chi connectivity index (χ1) is 25.7. The summed E-state index contributed by atoms with van der Waals surface area (Å²) in [6.45, 7) is 6.87. The fourth-order valence-corrected chi connectivity index (χ4v) is 8.18. The van der Waals surface area contributed by atoms with Gasteiger partial charge in [-0.15, -0.1) is 11.8 Å². The molecule has 3 atom stereocenters. The van der Waals surface area contributed by atoms with Gasteiger partial charge >= 0.3 is 22.2 Å². The van der Waals surface area contributed by atoms with Gasteiger partial charge in [-0.2, -0.15) is 8.42 Å². The van der Waals surface area contributed by atoms with Crippen molar-refractivity contribution in [2.75, 3.05) is 5.75 Å². The number of hydrogen-bond acceptors (Lipinski definition) is 10. The second-order valence-corrected chi connectivity index (χ2v) is 16.3. The number of β-lactam (4-membered cyclic amide) rings is 1. The van der Waals surface area contributed by atoms with Crippen LogP contribution in [0.25, 0.3) is 0 Å². The number of nitrogens with one attached hydrogen (secondary N) is 2. The topological polar surface area (TPSA) is 157 Å². The molecule has 6 rings (SSSR count). The van der Waals surface area contributed by atoms with Crippen molar-refractivity contribution in [3.63, 3.8) is 0 Å². The molecule has 0 spiro atoms. The van der Waals surface area contributed by atoms with Crippen LogP contribution < -0.4 is 10.6 Å². The van der Waals surface area contributed by atoms with Gasteiger partial charge in [-0.1, -0.05) is 109 Å². The van der Waals surface area contributed by atoms with Crippen LogP contribution in [0.4, 0.5) is 4.79 Å². The molecule has 2 heterocycles. The van der Waals surface area contributed by atoms with E-state index in [0.717, 1.165) is 22.2 Å². The first kappa shape index (κ1) is 38.1. The summed E-state index contributed by atoms with van der Waals surface area (Å²) in [5, 5.41) is 4.47. The fraction of sp³-hybridized carbons (Fsp3) is 0.250. The number of fused-ring (bicyclic) bond motifs is 1. The van der Waals surface area contributed by atoms with Gasteiger partial charge in [-0.3, -0.25) is 14.5 Å². The molecular formula is C40H39N3O9S2. The molecule has 4 aromatic carbocycles. The summed E-state index contributed by atoms with van der Waals surface area (Å²) in [7, 11) is -4.45. The zero-order valence-electron chi connectivity index (χ0n) is 29.9. The van der Waals surface area contributed by atoms with Crippen molar-refractivity contribution in [2.24, 2.45) is 0 Å². The number of amides is 3. The maximum absolute atomic E-state index is 14.3. The Kier molecular flexibility index (Phi) is 11.1. The molecule has 280 valence electrons. The number of thioether (sulfide) groups is 1. The predicted molar refractivity (Wildman–Crippen MR) is 201 cm³/mol. The van der Waals surface area contributed by atoms with Crippen LogP contribution in [-0.2, 0) is 38.2 Å². The van der Waals surface area contributed by atoms with Crippen LogP contribution in [0.5, 0.6) is 0 Å². The van der Waals surface area contributed by atoms with Crippen molar-refractivity contribution in [3.8, 4) is 0 Å². The van der Waals surface area contributed by atoms with Gasteiger partial charge < -0.3 is 24.3 Å². The molecule has 2 aliphatic heterocycles. The molecule has 1 fully saturated rings. The third-order valence-corrected chi connectivity index (χ3v) is 11.0. The number of benzene rings is 4. The van der Waals surface area contributed by atoms with Gasteiger partial charge in [0, 0.05) is 0 Å². The van der Waals surface area contributed by atoms with E-state index in [1.54, 1.807) is 112 Å². The number of rotatable bonds is 11. The normalized spacial score (nSPS) is 17.5. The number of aryl methyl sites for hydroxylation is 1. The molecule has 14 heteroatoms. The van der Waals surface area contributed by atoms with Gasteiger partial charge in [-0.25, -0.2) is 9.59 Å². The van der Waals surface area contributed by atoms with E-state index in [0.29, 0.717) is 16.7 Å². The molecular weight excluding hydrogens is 731 g/mol. The van der Waals surface area contributed by atoms with Gasteiger partial charge in [0.25, 0.3) is 5.91 Å². The lowest BCUT2D eigenvalue weighted by atomic mass is 10.0. The summed E-state index contributed by atoms with van der Waals surface area (Å²) in [6.07, 6.45) is -1.76. The molecule has 1 saturated heterocycles. The van der Waals surface area contributed by atoms with Crippen molar-refractivity contribution in [3.05, 3.63) is 149 Å². The zero-order chi connectivity index (χ0) is 38.6. The van der Waals surface area contributed by atoms with E-state index in [4.69, 9.17) is 13.7 Å². The van der Waals surface area contributed by atoms with Crippen LogP contribution in [-0.4, -0.2) is 60.0 Å². The van der Waals surface area contributed by atoms with E-state index < -0.39 is 68.9 Å². The molecule has 2 aliphatic rings. The van der Waals surface area contributed by atoms with Crippen molar-refractivity contribution in [1.29, 1.82) is 0 Å². The van der Waals surface area contributed by atoms with E-state index in [1.807, 2.05) is 19.1 Å². The highest BCUT2D eigenvalue weighted by Gasteiger charge is 2.56. The van der Waals surface area contributed by atoms with Gasteiger partial charge in [0.1, 0.15) is 28.0 Å². The minimum atomic E-state index is -4.45. The van der Waals surface area contributed by atoms with Crippen molar-refractivity contribution < 1.29 is 41.3 Å². The molecule has 0 saturated carbocycles. The molecule has 0 aliphatic carbocycles. The summed E-state index contributed by atoms with van der Waals surface area (Å²) in [5.74, 6) is -2.86. The number of carbonyl (C=O) groups is 4. The summed E-state index contributed by atoms with van der Waals surface area (Å²) in [4.78, 5) is 55.8. The molecule has 0 bridgehead atoms. The Balaban J connectivity index is 1.31. The van der Waals surface area contributed by atoms with Gasteiger partial charge in [0.05, 0.1) is 5.75 Å². The lowest BCUT2D eigenvalue weighted by molar-refractivity contribution is -0.155. The van der Waals surface area contributed by atoms with Crippen molar-refractivity contribution in [1.82, 2.24) is 15.5 Å². The summed E-state index contributed by atoms with van der Waals surface area (Å²) in [5.41, 5.74) is 1.31. The standard InChI is InChI=1S/C40H39N3O9S2/c1-25-20-22-29(23-21-25)54(48,49)52-30-24-53-37-32(41-35(44)31(26-14-8-5-9-15-26)42-39(47)51-40(2,3)4)36(45)43(37)33(30)38(46)50-34(27-16-10-6-11-17-27)28-18-12-7-13-19-28/h5-23,31-32,34,37H,24H2,1-4H3,(H,41,44)(H,42,47)/t31?,32-,37-/m1/s1. The highest BCUT2D eigenvalue weighted by molar-refractivity contribution is 8.00. The quantitative estimate of drug-likeness (QED) is 0.107. The third-order valence-electron chi connectivity index (χ3n) is 8.43. The van der Waals surface area contributed by atoms with Crippen LogP contribution >= 0.6 is 11.8 Å². The van der Waals surface area contributed by atoms with E-state index in [1.165, 1.54) is 12.1 Å². The van der Waals surface area contributed by atoms with Gasteiger partial charge in [0.2, 0.25) is 5.91 Å². The number of esters is 1. The van der Waals surface area contributed by atoms with E-state index in [2.05, 4.69) is 10.6 Å². The number of hydrogen-bond donors (Lipinski definition) is 2. The summed E-state index contributed by atoms with van der Waals surface area (Å²) in [6, 6.07) is 30.0. The number of alkyl carbamates (subject to hydrolysis) is 1. The SMILES string of the molecule is Cc1ccc(S(=O)(=O)OC2=C(C(=O)OC(c3ccccc3)c3ccccc3)N3C(=O)[C@@H](NC(=O)C(NC(=O)OC(C)(C)C)c4ccccc4)[C@H]3SC2)cc1. The molecule has 12 nitrogen and oxygen atoms in total. The number of nitrogens with zero attached hydrogens (tertiary/aromatic N) is 1. The maximum Gasteiger partial charge on any atom is 0.408 e. The van der Waals surface area contributed by atoms with Crippen LogP contribution in [0.3, 0.4) is 0 Å². The monoisotopic (exact) mass is 769 g/mol. The van der Waals surface area contributed by atoms with Crippen molar-refractivity contribution in [2.45, 2.75) is 61.8 Å². The largest absolute Gasteiger partial charge is 0.448 e. The predicted octanol–water partition coefficient (Wildman–Crippen LogP) is 5.91. The average Bonchev–Trinajstić information content (AvgIpc) is 3.15. The molecule has 3 amide bonds. The lowest BCUT2D eigenvalue weighted by Gasteiger charge is -2.49. The van der Waals surface area contributed by atoms with Crippen LogP contribution in [0, 0.1) is 6.92 Å². The minimum absolute atomic E-state index is 0.142. The smallest absolute Gasteiger partial charge is 0.408 e. The first-order valence-electron chi connectivity index (χ1n) is 17.1. The summed E-state index contributed by atoms with van der Waals surface area (Å²) >= 11 is 1.10. The first-order valence-corrected chi connectivity index (χ1v) is 19.5. The van der Waals surface area contributed by atoms with Crippen molar-refractivity contribution >= 4 is 45.8 Å². The Bertz CT molecular complexity index is 2120. The zero-order valence-corrected chi connectivity index (χ0v) is 31.6. The van der Waals surface area contributed by atoms with Crippen LogP contribution in [0.2, 0.25) is 0 Å². The van der Waals surface area contributed by atoms with Gasteiger partial charge in [0.15, 0.2) is 17.6 Å². The third kappa shape index (κ3) is 8.61. The molecule has 2 N–H and O–H groups in total. The molecule has 0 aromatic heterocycles. The Hall–Kier alpha value is -5.60. The lowest BCUT2D eigenvalue weighted by Crippen LogP contribution is -2.71. The maximum atomic E-state index is 14.3. The molecule has 4 aromatic rings. The van der Waals surface area contributed by atoms with Crippen LogP contribution in [0.1, 0.15) is 55.2 Å². The number of ether oxygens (including phenoxy) is 2. The molecule has 1 unspecified atom stereocenters. The highest BCUT2D eigenvalue weighted by atomic mass is 32.2. The van der Waals surface area contributed by atoms with Crippen LogP contribution in [0.15, 0.2) is 132 Å². The average molecular weight is 770 g/mol.